The van der Waals surface area contributed by atoms with Gasteiger partial charge in [-0.15, -0.1) is 0 Å². The van der Waals surface area contributed by atoms with Crippen LogP contribution in [0.3, 0.4) is 0 Å². The fourth-order valence-corrected chi connectivity index (χ4v) is 2.33. The van der Waals surface area contributed by atoms with Crippen LogP contribution in [0.4, 0.5) is 5.69 Å². The summed E-state index contributed by atoms with van der Waals surface area (Å²) in [5.41, 5.74) is 7.18. The number of aromatic nitrogens is 1. The van der Waals surface area contributed by atoms with Gasteiger partial charge in [-0.3, -0.25) is 9.78 Å². The molecule has 3 N–H and O–H groups in total. The highest BCUT2D eigenvalue weighted by Crippen LogP contribution is 2.14. The number of hydrogen-bond acceptors (Lipinski definition) is 4. The minimum absolute atomic E-state index is 0.0307. The second kappa shape index (κ2) is 8.62. The summed E-state index contributed by atoms with van der Waals surface area (Å²) in [4.78, 5) is 18.3. The number of amides is 1. The van der Waals surface area contributed by atoms with Crippen LogP contribution in [0.2, 0.25) is 0 Å². The van der Waals surface area contributed by atoms with Crippen molar-refractivity contribution in [2.24, 2.45) is 11.7 Å². The first-order valence-corrected chi connectivity index (χ1v) is 7.73. The molecule has 1 unspecified atom stereocenters. The molecule has 1 heterocycles. The van der Waals surface area contributed by atoms with Crippen LogP contribution < -0.4 is 11.1 Å². The van der Waals surface area contributed by atoms with E-state index >= 15 is 0 Å². The largest absolute Gasteiger partial charge is 0.381 e. The highest BCUT2D eigenvalue weighted by atomic mass is 16.2. The van der Waals surface area contributed by atoms with E-state index in [9.17, 15) is 4.79 Å². The van der Waals surface area contributed by atoms with E-state index < -0.39 is 0 Å². The molecule has 0 radical (unpaired) electrons. The Morgan fingerprint density at radius 2 is 2.05 bits per heavy atom. The van der Waals surface area contributed by atoms with Gasteiger partial charge in [-0.25, -0.2) is 0 Å². The van der Waals surface area contributed by atoms with Crippen molar-refractivity contribution in [2.45, 2.75) is 40.2 Å². The van der Waals surface area contributed by atoms with E-state index in [0.29, 0.717) is 31.2 Å². The highest BCUT2D eigenvalue weighted by molar-refractivity contribution is 5.93. The quantitative estimate of drug-likeness (QED) is 0.771. The first-order valence-electron chi connectivity index (χ1n) is 7.73. The van der Waals surface area contributed by atoms with Gasteiger partial charge in [0.25, 0.3) is 5.91 Å². The molecule has 21 heavy (non-hydrogen) atoms. The molecular weight excluding hydrogens is 264 g/mol. The number of nitrogens with one attached hydrogen (secondary N) is 1. The highest BCUT2D eigenvalue weighted by Gasteiger charge is 2.15. The Bertz CT molecular complexity index is 444. The van der Waals surface area contributed by atoms with Crippen molar-refractivity contribution in [1.82, 2.24) is 9.88 Å². The summed E-state index contributed by atoms with van der Waals surface area (Å²) in [5, 5.41) is 3.39. The number of carbonyl (C=O) groups excluding carboxylic acids is 1. The standard InChI is InChI=1S/C16H28N4O/c1-5-20(6-2)16(21)15-10-13(7-8-18-15)19-14(11-17)9-12(3)4/h7-8,10,12,14H,5-6,9,11,17H2,1-4H3,(H,18,19). The number of nitrogens with zero attached hydrogens (tertiary/aromatic N) is 2. The van der Waals surface area contributed by atoms with Crippen molar-refractivity contribution in [1.29, 1.82) is 0 Å². The monoisotopic (exact) mass is 292 g/mol. The van der Waals surface area contributed by atoms with Gasteiger partial charge >= 0.3 is 0 Å². The Hall–Kier alpha value is -1.62. The van der Waals surface area contributed by atoms with Crippen molar-refractivity contribution in [3.63, 3.8) is 0 Å². The molecule has 0 bridgehead atoms. The number of pyridine rings is 1. The molecule has 5 heteroatoms. The van der Waals surface area contributed by atoms with Gasteiger partial charge in [0.05, 0.1) is 0 Å². The zero-order valence-electron chi connectivity index (χ0n) is 13.6. The Morgan fingerprint density at radius 1 is 1.38 bits per heavy atom. The van der Waals surface area contributed by atoms with Crippen LogP contribution in [0.25, 0.3) is 0 Å². The Kier molecular flexibility index (Phi) is 7.15. The van der Waals surface area contributed by atoms with E-state index in [0.717, 1.165) is 12.1 Å². The number of nitrogens with two attached hydrogens (primary N) is 1. The zero-order chi connectivity index (χ0) is 15.8. The molecule has 0 saturated heterocycles. The molecule has 118 valence electrons. The van der Waals surface area contributed by atoms with Gasteiger partial charge in [0.15, 0.2) is 0 Å². The van der Waals surface area contributed by atoms with Crippen LogP contribution >= 0.6 is 0 Å². The van der Waals surface area contributed by atoms with E-state index in [2.05, 4.69) is 24.1 Å². The van der Waals surface area contributed by atoms with Gasteiger partial charge in [-0.05, 0) is 38.3 Å². The maximum atomic E-state index is 12.3. The van der Waals surface area contributed by atoms with Gasteiger partial charge in [0, 0.05) is 37.6 Å². The maximum Gasteiger partial charge on any atom is 0.272 e. The molecule has 0 aliphatic heterocycles. The van der Waals surface area contributed by atoms with Gasteiger partial charge < -0.3 is 16.0 Å². The van der Waals surface area contributed by atoms with Crippen molar-refractivity contribution in [3.05, 3.63) is 24.0 Å². The predicted octanol–water partition coefficient (Wildman–Crippen LogP) is 2.35. The third kappa shape index (κ3) is 5.34. The Labute approximate surface area is 127 Å². The molecule has 0 aliphatic rings. The van der Waals surface area contributed by atoms with Crippen molar-refractivity contribution >= 4 is 11.6 Å². The van der Waals surface area contributed by atoms with E-state index in [-0.39, 0.29) is 11.9 Å². The summed E-state index contributed by atoms with van der Waals surface area (Å²) in [6.45, 7) is 10.2. The lowest BCUT2D eigenvalue weighted by molar-refractivity contribution is 0.0767. The lowest BCUT2D eigenvalue weighted by Gasteiger charge is -2.21. The third-order valence-corrected chi connectivity index (χ3v) is 3.44. The lowest BCUT2D eigenvalue weighted by atomic mass is 10.0. The average Bonchev–Trinajstić information content (AvgIpc) is 2.47. The second-order valence-corrected chi connectivity index (χ2v) is 5.61. The van der Waals surface area contributed by atoms with Crippen LogP contribution in [-0.4, -0.2) is 41.5 Å². The molecule has 1 aromatic heterocycles. The average molecular weight is 292 g/mol. The number of hydrogen-bond donors (Lipinski definition) is 2. The summed E-state index contributed by atoms with van der Waals surface area (Å²) >= 11 is 0. The van der Waals surface area contributed by atoms with E-state index in [1.54, 1.807) is 11.1 Å². The van der Waals surface area contributed by atoms with Crippen LogP contribution in [0, 0.1) is 5.92 Å². The zero-order valence-corrected chi connectivity index (χ0v) is 13.6. The van der Waals surface area contributed by atoms with Gasteiger partial charge in [0.2, 0.25) is 0 Å². The van der Waals surface area contributed by atoms with Gasteiger partial charge in [-0.1, -0.05) is 13.8 Å². The minimum atomic E-state index is -0.0307. The fourth-order valence-electron chi connectivity index (χ4n) is 2.33. The minimum Gasteiger partial charge on any atom is -0.381 e. The first kappa shape index (κ1) is 17.4. The second-order valence-electron chi connectivity index (χ2n) is 5.61. The molecule has 1 rings (SSSR count). The van der Waals surface area contributed by atoms with Crippen LogP contribution in [-0.2, 0) is 0 Å². The molecular formula is C16H28N4O. The smallest absolute Gasteiger partial charge is 0.272 e. The van der Waals surface area contributed by atoms with Gasteiger partial charge in [-0.2, -0.15) is 0 Å². The third-order valence-electron chi connectivity index (χ3n) is 3.44. The maximum absolute atomic E-state index is 12.3. The molecule has 1 aromatic rings. The van der Waals surface area contributed by atoms with Crippen LogP contribution in [0.15, 0.2) is 18.3 Å². The number of carbonyl (C=O) groups is 1. The van der Waals surface area contributed by atoms with E-state index in [4.69, 9.17) is 5.73 Å². The summed E-state index contributed by atoms with van der Waals surface area (Å²) in [6.07, 6.45) is 2.67. The lowest BCUT2D eigenvalue weighted by Crippen LogP contribution is -2.32. The summed E-state index contributed by atoms with van der Waals surface area (Å²) < 4.78 is 0. The van der Waals surface area contributed by atoms with Crippen molar-refractivity contribution in [2.75, 3.05) is 25.0 Å². The number of rotatable bonds is 8. The van der Waals surface area contributed by atoms with Crippen molar-refractivity contribution < 1.29 is 4.79 Å². The summed E-state index contributed by atoms with van der Waals surface area (Å²) in [7, 11) is 0. The number of anilines is 1. The van der Waals surface area contributed by atoms with Crippen molar-refractivity contribution in [3.8, 4) is 0 Å². The van der Waals surface area contributed by atoms with E-state index in [1.807, 2.05) is 26.0 Å². The van der Waals surface area contributed by atoms with Gasteiger partial charge in [0.1, 0.15) is 5.69 Å². The molecule has 5 nitrogen and oxygen atoms in total. The van der Waals surface area contributed by atoms with E-state index in [1.165, 1.54) is 0 Å². The Morgan fingerprint density at radius 3 is 2.57 bits per heavy atom. The normalized spacial score (nSPS) is 12.3. The van der Waals surface area contributed by atoms with Crippen LogP contribution in [0.5, 0.6) is 0 Å². The molecule has 0 aliphatic carbocycles. The molecule has 0 aromatic carbocycles. The summed E-state index contributed by atoms with van der Waals surface area (Å²) in [6, 6.07) is 3.90. The predicted molar refractivity (Wildman–Crippen MR) is 87.4 cm³/mol. The molecule has 1 amide bonds. The SMILES string of the molecule is CCN(CC)C(=O)c1cc(NC(CN)CC(C)C)ccn1. The molecule has 1 atom stereocenters. The van der Waals surface area contributed by atoms with Crippen LogP contribution in [0.1, 0.15) is 44.6 Å². The molecule has 0 saturated carbocycles. The topological polar surface area (TPSA) is 71.2 Å². The Balaban J connectivity index is 2.82. The molecule has 0 spiro atoms. The summed E-state index contributed by atoms with van der Waals surface area (Å²) in [5.74, 6) is 0.543. The first-order chi connectivity index (χ1) is 10.0. The molecule has 0 fully saturated rings. The fraction of sp³-hybridized carbons (Fsp3) is 0.625.